The zero-order valence-corrected chi connectivity index (χ0v) is 14.1. The van der Waals surface area contributed by atoms with E-state index in [9.17, 15) is 4.79 Å². The molecule has 0 aliphatic carbocycles. The summed E-state index contributed by atoms with van der Waals surface area (Å²) in [6.07, 6.45) is 3.18. The lowest BCUT2D eigenvalue weighted by molar-refractivity contribution is 0.0954. The van der Waals surface area contributed by atoms with Gasteiger partial charge in [0.15, 0.2) is 0 Å². The fourth-order valence-corrected chi connectivity index (χ4v) is 1.80. The number of hydrogen-bond acceptors (Lipinski definition) is 5. The van der Waals surface area contributed by atoms with Gasteiger partial charge in [-0.25, -0.2) is 4.99 Å². The Morgan fingerprint density at radius 1 is 1.13 bits per heavy atom. The Morgan fingerprint density at radius 2 is 1.87 bits per heavy atom. The average Bonchev–Trinajstić information content (AvgIpc) is 2.58. The van der Waals surface area contributed by atoms with Crippen molar-refractivity contribution in [1.82, 2.24) is 5.32 Å². The maximum absolute atomic E-state index is 12.2. The maximum Gasteiger partial charge on any atom is 0.291 e. The van der Waals surface area contributed by atoms with Gasteiger partial charge in [0.05, 0.1) is 13.7 Å². The van der Waals surface area contributed by atoms with E-state index >= 15 is 0 Å². The molecule has 0 aliphatic rings. The second-order valence-corrected chi connectivity index (χ2v) is 4.92. The summed E-state index contributed by atoms with van der Waals surface area (Å²) < 4.78 is 15.5. The second-order valence-electron chi connectivity index (χ2n) is 4.92. The third-order valence-electron chi connectivity index (χ3n) is 3.12. The number of amidine groups is 1. The first-order valence-electron chi connectivity index (χ1n) is 7.82. The summed E-state index contributed by atoms with van der Waals surface area (Å²) in [4.78, 5) is 16.5. The van der Waals surface area contributed by atoms with E-state index in [0.717, 1.165) is 19.3 Å². The lowest BCUT2D eigenvalue weighted by Crippen LogP contribution is -2.33. The fourth-order valence-electron chi connectivity index (χ4n) is 1.80. The van der Waals surface area contributed by atoms with Crippen LogP contribution in [0.5, 0.6) is 5.75 Å². The third-order valence-corrected chi connectivity index (χ3v) is 3.12. The van der Waals surface area contributed by atoms with Crippen LogP contribution in [0.15, 0.2) is 29.3 Å². The third kappa shape index (κ3) is 7.65. The van der Waals surface area contributed by atoms with Gasteiger partial charge in [-0.05, 0) is 30.7 Å². The van der Waals surface area contributed by atoms with Gasteiger partial charge in [-0.3, -0.25) is 10.1 Å². The predicted octanol–water partition coefficient (Wildman–Crippen LogP) is 2.63. The quantitative estimate of drug-likeness (QED) is 0.431. The Labute approximate surface area is 137 Å². The largest absolute Gasteiger partial charge is 0.497 e. The number of rotatable bonds is 9. The average molecular weight is 322 g/mol. The van der Waals surface area contributed by atoms with Crippen molar-refractivity contribution in [2.24, 2.45) is 4.99 Å². The van der Waals surface area contributed by atoms with Crippen LogP contribution >= 0.6 is 0 Å². The molecule has 0 radical (unpaired) electrons. The molecule has 0 saturated carbocycles. The predicted molar refractivity (Wildman–Crippen MR) is 90.1 cm³/mol. The number of nitrogens with one attached hydrogen (secondary N) is 1. The number of amides is 1. The number of aliphatic imine (C=N–C) groups is 1. The highest BCUT2D eigenvalue weighted by atomic mass is 16.5. The summed E-state index contributed by atoms with van der Waals surface area (Å²) in [5.41, 5.74) is 0.516. The minimum absolute atomic E-state index is 0.235. The molecule has 1 amide bonds. The molecule has 1 rings (SSSR count). The molecule has 1 aromatic carbocycles. The zero-order chi connectivity index (χ0) is 16.9. The number of ether oxygens (including phenoxy) is 3. The van der Waals surface area contributed by atoms with E-state index < -0.39 is 0 Å². The summed E-state index contributed by atoms with van der Waals surface area (Å²) >= 11 is 0. The zero-order valence-electron chi connectivity index (χ0n) is 14.1. The molecule has 23 heavy (non-hydrogen) atoms. The molecule has 0 aromatic heterocycles. The summed E-state index contributed by atoms with van der Waals surface area (Å²) in [5.74, 6) is 0.436. The molecular formula is C17H26N2O4. The molecule has 0 heterocycles. The second kappa shape index (κ2) is 11.5. The molecule has 0 saturated heterocycles. The Morgan fingerprint density at radius 3 is 2.48 bits per heavy atom. The van der Waals surface area contributed by atoms with E-state index in [4.69, 9.17) is 14.2 Å². The van der Waals surface area contributed by atoms with Crippen LogP contribution < -0.4 is 10.1 Å². The van der Waals surface area contributed by atoms with Crippen molar-refractivity contribution in [2.45, 2.75) is 26.2 Å². The molecular weight excluding hydrogens is 296 g/mol. The van der Waals surface area contributed by atoms with E-state index in [1.54, 1.807) is 38.5 Å². The summed E-state index contributed by atoms with van der Waals surface area (Å²) in [5, 5.41) is 2.70. The van der Waals surface area contributed by atoms with Crippen LogP contribution in [0.1, 0.15) is 36.5 Å². The number of carbonyl (C=O) groups is 1. The first kappa shape index (κ1) is 19.0. The number of methoxy groups -OCH3 is 2. The van der Waals surface area contributed by atoms with Crippen molar-refractivity contribution in [3.8, 4) is 5.75 Å². The Kier molecular flexibility index (Phi) is 9.47. The number of unbranched alkanes of at least 4 members (excludes halogenated alkanes) is 2. The molecule has 1 aromatic rings. The topological polar surface area (TPSA) is 69.2 Å². The fraction of sp³-hybridized carbons (Fsp3) is 0.529. The summed E-state index contributed by atoms with van der Waals surface area (Å²) in [7, 11) is 3.18. The first-order valence-corrected chi connectivity index (χ1v) is 7.82. The lowest BCUT2D eigenvalue weighted by atomic mass is 10.2. The normalized spacial score (nSPS) is 11.2. The van der Waals surface area contributed by atoms with Gasteiger partial charge in [-0.15, -0.1) is 0 Å². The van der Waals surface area contributed by atoms with E-state index in [0.29, 0.717) is 31.1 Å². The van der Waals surface area contributed by atoms with Gasteiger partial charge in [0.25, 0.3) is 11.9 Å². The van der Waals surface area contributed by atoms with Crippen LogP contribution in [-0.4, -0.2) is 45.9 Å². The Bertz CT molecular complexity index is 486. The monoisotopic (exact) mass is 322 g/mol. The smallest absolute Gasteiger partial charge is 0.291 e. The van der Waals surface area contributed by atoms with Crippen molar-refractivity contribution in [1.29, 1.82) is 0 Å². The van der Waals surface area contributed by atoms with Crippen molar-refractivity contribution >= 4 is 11.9 Å². The van der Waals surface area contributed by atoms with Gasteiger partial charge in [0.1, 0.15) is 12.4 Å². The van der Waals surface area contributed by atoms with E-state index in [1.807, 2.05) is 0 Å². The lowest BCUT2D eigenvalue weighted by Gasteiger charge is -2.11. The standard InChI is InChI=1S/C17H26N2O4/c1-4-5-6-11-18-17(23-13-12-21-2)19-16(20)14-7-9-15(22-3)10-8-14/h7-10H,4-6,11-13H2,1-3H3,(H,18,19,20). The van der Waals surface area contributed by atoms with Crippen molar-refractivity contribution in [2.75, 3.05) is 34.0 Å². The number of nitrogens with zero attached hydrogens (tertiary/aromatic N) is 1. The van der Waals surface area contributed by atoms with Crippen LogP contribution in [0.2, 0.25) is 0 Å². The number of benzene rings is 1. The van der Waals surface area contributed by atoms with Gasteiger partial charge in [0.2, 0.25) is 0 Å². The van der Waals surface area contributed by atoms with Crippen molar-refractivity contribution in [3.63, 3.8) is 0 Å². The minimum atomic E-state index is -0.265. The van der Waals surface area contributed by atoms with Crippen LogP contribution in [0.4, 0.5) is 0 Å². The molecule has 0 atom stereocenters. The van der Waals surface area contributed by atoms with Crippen LogP contribution in [0, 0.1) is 0 Å². The highest BCUT2D eigenvalue weighted by molar-refractivity contribution is 6.04. The number of hydrogen-bond donors (Lipinski definition) is 1. The van der Waals surface area contributed by atoms with E-state index in [1.165, 1.54) is 0 Å². The van der Waals surface area contributed by atoms with E-state index in [-0.39, 0.29) is 11.9 Å². The molecule has 0 spiro atoms. The molecule has 6 nitrogen and oxygen atoms in total. The maximum atomic E-state index is 12.2. The molecule has 0 bridgehead atoms. The first-order chi connectivity index (χ1) is 11.2. The van der Waals surface area contributed by atoms with Gasteiger partial charge >= 0.3 is 0 Å². The van der Waals surface area contributed by atoms with Gasteiger partial charge in [-0.2, -0.15) is 0 Å². The van der Waals surface area contributed by atoms with Gasteiger partial charge < -0.3 is 14.2 Å². The highest BCUT2D eigenvalue weighted by Crippen LogP contribution is 2.11. The van der Waals surface area contributed by atoms with Crippen LogP contribution in [0.25, 0.3) is 0 Å². The minimum Gasteiger partial charge on any atom is -0.497 e. The molecule has 128 valence electrons. The summed E-state index contributed by atoms with van der Waals surface area (Å²) in [6, 6.07) is 7.09. The molecule has 6 heteroatoms. The van der Waals surface area contributed by atoms with Gasteiger partial charge in [-0.1, -0.05) is 19.8 Å². The SMILES string of the molecule is CCCCCN=C(NC(=O)c1ccc(OC)cc1)OCCOC. The van der Waals surface area contributed by atoms with Crippen molar-refractivity contribution < 1.29 is 19.0 Å². The Balaban J connectivity index is 2.63. The number of carbonyl (C=O) groups excluding carboxylic acids is 1. The van der Waals surface area contributed by atoms with Crippen LogP contribution in [-0.2, 0) is 9.47 Å². The highest BCUT2D eigenvalue weighted by Gasteiger charge is 2.10. The van der Waals surface area contributed by atoms with Gasteiger partial charge in [0, 0.05) is 19.2 Å². The summed E-state index contributed by atoms with van der Waals surface area (Å²) in [6.45, 7) is 3.53. The molecule has 0 aliphatic heterocycles. The molecule has 0 unspecified atom stereocenters. The van der Waals surface area contributed by atoms with Crippen LogP contribution in [0.3, 0.4) is 0 Å². The van der Waals surface area contributed by atoms with E-state index in [2.05, 4.69) is 17.2 Å². The molecule has 1 N–H and O–H groups in total. The molecule has 0 fully saturated rings. The Hall–Kier alpha value is -2.08. The van der Waals surface area contributed by atoms with Crippen molar-refractivity contribution in [3.05, 3.63) is 29.8 Å².